The minimum Gasteiger partial charge on any atom is -0.310 e. The Kier molecular flexibility index (Phi) is 5.67. The van der Waals surface area contributed by atoms with Crippen LogP contribution in [0.4, 0.5) is 5.82 Å². The number of nitrogens with one attached hydrogen (secondary N) is 1. The average molecular weight is 371 g/mol. The average Bonchev–Trinajstić information content (AvgIpc) is 3.17. The number of anilines is 1. The molecule has 0 aromatic carbocycles. The van der Waals surface area contributed by atoms with Gasteiger partial charge in [-0.1, -0.05) is 18.7 Å². The number of rotatable bonds is 7. The van der Waals surface area contributed by atoms with Crippen LogP contribution in [0, 0.1) is 6.92 Å². The van der Waals surface area contributed by atoms with E-state index in [1.54, 1.807) is 24.1 Å². The van der Waals surface area contributed by atoms with Crippen molar-refractivity contribution in [2.45, 2.75) is 32.0 Å². The second kappa shape index (κ2) is 8.13. The van der Waals surface area contributed by atoms with Crippen LogP contribution in [0.1, 0.15) is 19.0 Å². The van der Waals surface area contributed by atoms with Crippen LogP contribution in [-0.4, -0.2) is 41.2 Å². The molecule has 9 heteroatoms. The zero-order chi connectivity index (χ0) is 18.5. The molecule has 136 valence electrons. The highest BCUT2D eigenvalue weighted by Crippen LogP contribution is 2.24. The normalized spacial score (nSPS) is 10.9. The van der Waals surface area contributed by atoms with Crippen molar-refractivity contribution in [1.29, 1.82) is 0 Å². The van der Waals surface area contributed by atoms with E-state index in [4.69, 9.17) is 0 Å². The van der Waals surface area contributed by atoms with Crippen molar-refractivity contribution < 1.29 is 4.79 Å². The number of carbonyl (C=O) groups is 1. The lowest BCUT2D eigenvalue weighted by Gasteiger charge is -2.09. The summed E-state index contributed by atoms with van der Waals surface area (Å²) in [6.45, 7) is 4.77. The molecule has 3 aromatic rings. The Balaban J connectivity index is 1.70. The topological polar surface area (TPSA) is 90.5 Å². The molecule has 0 aliphatic heterocycles. The highest BCUT2D eigenvalue weighted by atomic mass is 32.2. The van der Waals surface area contributed by atoms with Gasteiger partial charge in [-0.05, 0) is 25.5 Å². The van der Waals surface area contributed by atoms with Crippen LogP contribution < -0.4 is 5.32 Å². The molecule has 3 aromatic heterocycles. The van der Waals surface area contributed by atoms with Crippen LogP contribution >= 0.6 is 11.8 Å². The zero-order valence-electron chi connectivity index (χ0n) is 15.0. The van der Waals surface area contributed by atoms with E-state index >= 15 is 0 Å². The standard InChI is InChI=1S/C17H21N7OS/c1-4-9-24-16(13-5-7-18-8-6-13)20-21-17(24)26-11-15(25)19-14-10-12(2)22-23(14)3/h5-8,10H,4,9,11H2,1-3H3,(H,19,25). The Hall–Kier alpha value is -2.68. The van der Waals surface area contributed by atoms with Crippen molar-refractivity contribution in [1.82, 2.24) is 29.5 Å². The molecule has 26 heavy (non-hydrogen) atoms. The summed E-state index contributed by atoms with van der Waals surface area (Å²) in [5, 5.41) is 16.4. The van der Waals surface area contributed by atoms with Gasteiger partial charge in [-0.15, -0.1) is 10.2 Å². The fourth-order valence-electron chi connectivity index (χ4n) is 2.57. The maximum atomic E-state index is 12.3. The second-order valence-electron chi connectivity index (χ2n) is 5.83. The van der Waals surface area contributed by atoms with Gasteiger partial charge in [-0.2, -0.15) is 5.10 Å². The lowest BCUT2D eigenvalue weighted by atomic mass is 10.2. The second-order valence-corrected chi connectivity index (χ2v) is 6.77. The molecule has 0 aliphatic carbocycles. The van der Waals surface area contributed by atoms with Crippen molar-refractivity contribution in [3.05, 3.63) is 36.3 Å². The van der Waals surface area contributed by atoms with Gasteiger partial charge in [0.2, 0.25) is 5.91 Å². The highest BCUT2D eigenvalue weighted by molar-refractivity contribution is 7.99. The summed E-state index contributed by atoms with van der Waals surface area (Å²) in [4.78, 5) is 16.3. The molecule has 0 aliphatic rings. The molecule has 1 amide bonds. The Morgan fingerprint density at radius 3 is 2.69 bits per heavy atom. The number of aromatic nitrogens is 6. The minimum atomic E-state index is -0.102. The predicted octanol–water partition coefficient (Wildman–Crippen LogP) is 2.52. The number of amides is 1. The molecule has 0 spiro atoms. The van der Waals surface area contributed by atoms with E-state index in [0.717, 1.165) is 35.2 Å². The van der Waals surface area contributed by atoms with Crippen LogP contribution in [0.25, 0.3) is 11.4 Å². The first-order valence-electron chi connectivity index (χ1n) is 8.35. The van der Waals surface area contributed by atoms with Crippen molar-refractivity contribution >= 4 is 23.5 Å². The van der Waals surface area contributed by atoms with Crippen molar-refractivity contribution in [2.24, 2.45) is 7.05 Å². The Morgan fingerprint density at radius 1 is 1.27 bits per heavy atom. The smallest absolute Gasteiger partial charge is 0.235 e. The van der Waals surface area contributed by atoms with E-state index in [1.807, 2.05) is 29.7 Å². The molecule has 0 unspecified atom stereocenters. The van der Waals surface area contributed by atoms with Crippen LogP contribution in [0.15, 0.2) is 35.7 Å². The number of hydrogen-bond acceptors (Lipinski definition) is 6. The molecule has 0 saturated heterocycles. The van der Waals surface area contributed by atoms with Gasteiger partial charge in [-0.3, -0.25) is 14.5 Å². The van der Waals surface area contributed by atoms with Gasteiger partial charge in [-0.25, -0.2) is 0 Å². The van der Waals surface area contributed by atoms with Crippen LogP contribution in [0.5, 0.6) is 0 Å². The van der Waals surface area contributed by atoms with E-state index in [9.17, 15) is 4.79 Å². The van der Waals surface area contributed by atoms with E-state index in [2.05, 4.69) is 32.5 Å². The summed E-state index contributed by atoms with van der Waals surface area (Å²) < 4.78 is 3.69. The monoisotopic (exact) mass is 371 g/mol. The molecular formula is C17H21N7OS. The molecule has 0 fully saturated rings. The summed E-state index contributed by atoms with van der Waals surface area (Å²) >= 11 is 1.37. The van der Waals surface area contributed by atoms with Gasteiger partial charge >= 0.3 is 0 Å². The molecule has 0 radical (unpaired) electrons. The molecule has 0 atom stereocenters. The van der Waals surface area contributed by atoms with Gasteiger partial charge in [0, 0.05) is 37.6 Å². The lowest BCUT2D eigenvalue weighted by Crippen LogP contribution is -2.17. The van der Waals surface area contributed by atoms with Crippen LogP contribution in [-0.2, 0) is 18.4 Å². The van der Waals surface area contributed by atoms with E-state index in [-0.39, 0.29) is 11.7 Å². The SMILES string of the molecule is CCCn1c(SCC(=O)Nc2cc(C)nn2C)nnc1-c1ccncc1. The predicted molar refractivity (Wildman–Crippen MR) is 101 cm³/mol. The van der Waals surface area contributed by atoms with Crippen LogP contribution in [0.3, 0.4) is 0 Å². The number of thioether (sulfide) groups is 1. The lowest BCUT2D eigenvalue weighted by molar-refractivity contribution is -0.113. The Bertz CT molecular complexity index is 888. The van der Waals surface area contributed by atoms with E-state index in [1.165, 1.54) is 11.8 Å². The quantitative estimate of drug-likeness (QED) is 0.642. The largest absolute Gasteiger partial charge is 0.310 e. The van der Waals surface area contributed by atoms with Gasteiger partial charge < -0.3 is 9.88 Å². The molecular weight excluding hydrogens is 350 g/mol. The molecule has 1 N–H and O–H groups in total. The van der Waals surface area contributed by atoms with Gasteiger partial charge in [0.15, 0.2) is 11.0 Å². The molecule has 0 bridgehead atoms. The van der Waals surface area contributed by atoms with Gasteiger partial charge in [0.05, 0.1) is 11.4 Å². The number of nitrogens with zero attached hydrogens (tertiary/aromatic N) is 6. The number of hydrogen-bond donors (Lipinski definition) is 1. The number of pyridine rings is 1. The van der Waals surface area contributed by atoms with Crippen LogP contribution in [0.2, 0.25) is 0 Å². The molecule has 0 saturated carbocycles. The number of aryl methyl sites for hydroxylation is 2. The third kappa shape index (κ3) is 4.10. The first-order valence-corrected chi connectivity index (χ1v) is 9.34. The number of carbonyl (C=O) groups excluding carboxylic acids is 1. The maximum Gasteiger partial charge on any atom is 0.235 e. The zero-order valence-corrected chi connectivity index (χ0v) is 15.8. The Labute approximate surface area is 156 Å². The van der Waals surface area contributed by atoms with Crippen molar-refractivity contribution in [3.8, 4) is 11.4 Å². The fraction of sp³-hybridized carbons (Fsp3) is 0.353. The third-order valence-electron chi connectivity index (χ3n) is 3.70. The van der Waals surface area contributed by atoms with Crippen molar-refractivity contribution in [3.63, 3.8) is 0 Å². The van der Waals surface area contributed by atoms with E-state index < -0.39 is 0 Å². The summed E-state index contributed by atoms with van der Waals surface area (Å²) in [6.07, 6.45) is 4.41. The maximum absolute atomic E-state index is 12.3. The fourth-order valence-corrected chi connectivity index (χ4v) is 3.34. The third-order valence-corrected chi connectivity index (χ3v) is 4.67. The molecule has 3 rings (SSSR count). The molecule has 3 heterocycles. The summed E-state index contributed by atoms with van der Waals surface area (Å²) in [5.41, 5.74) is 1.82. The summed E-state index contributed by atoms with van der Waals surface area (Å²) in [6, 6.07) is 5.65. The van der Waals surface area contributed by atoms with Gasteiger partial charge in [0.25, 0.3) is 0 Å². The first kappa shape index (κ1) is 18.1. The Morgan fingerprint density at radius 2 is 2.04 bits per heavy atom. The highest BCUT2D eigenvalue weighted by Gasteiger charge is 2.15. The minimum absolute atomic E-state index is 0.102. The molecule has 8 nitrogen and oxygen atoms in total. The summed E-state index contributed by atoms with van der Waals surface area (Å²) in [7, 11) is 1.80. The van der Waals surface area contributed by atoms with Crippen molar-refractivity contribution in [2.75, 3.05) is 11.1 Å². The van der Waals surface area contributed by atoms with E-state index in [0.29, 0.717) is 5.82 Å². The summed E-state index contributed by atoms with van der Waals surface area (Å²) in [5.74, 6) is 1.62. The first-order chi connectivity index (χ1) is 12.6. The van der Waals surface area contributed by atoms with Gasteiger partial charge in [0.1, 0.15) is 5.82 Å².